The maximum absolute atomic E-state index is 12.3. The smallest absolute Gasteiger partial charge is 0.251 e. The van der Waals surface area contributed by atoms with E-state index in [1.807, 2.05) is 35.2 Å². The van der Waals surface area contributed by atoms with E-state index in [1.54, 1.807) is 0 Å². The second-order valence-electron chi connectivity index (χ2n) is 6.61. The van der Waals surface area contributed by atoms with Gasteiger partial charge >= 0.3 is 0 Å². The van der Waals surface area contributed by atoms with Gasteiger partial charge in [-0.15, -0.1) is 0 Å². The number of hydrogen-bond donors (Lipinski definition) is 1. The second kappa shape index (κ2) is 9.54. The van der Waals surface area contributed by atoms with E-state index in [0.717, 1.165) is 18.6 Å². The van der Waals surface area contributed by atoms with Gasteiger partial charge in [0.05, 0.1) is 13.1 Å². The van der Waals surface area contributed by atoms with Crippen LogP contribution < -0.4 is 10.1 Å². The number of para-hydroxylation sites is 1. The lowest BCUT2D eigenvalue weighted by Gasteiger charge is -2.35. The molecule has 2 aliphatic heterocycles. The molecule has 1 aromatic rings. The maximum atomic E-state index is 12.3. The monoisotopic (exact) mass is 361 g/mol. The van der Waals surface area contributed by atoms with Crippen LogP contribution in [0.5, 0.6) is 5.75 Å². The third-order valence-electron chi connectivity index (χ3n) is 4.69. The average molecular weight is 361 g/mol. The van der Waals surface area contributed by atoms with Crippen LogP contribution in [0, 0.1) is 0 Å². The highest BCUT2D eigenvalue weighted by molar-refractivity contribution is 5.81. The van der Waals surface area contributed by atoms with Gasteiger partial charge in [0.1, 0.15) is 18.5 Å². The Hall–Kier alpha value is -2.12. The van der Waals surface area contributed by atoms with Gasteiger partial charge in [0.25, 0.3) is 5.91 Å². The lowest BCUT2D eigenvalue weighted by molar-refractivity contribution is -0.142. The molecule has 7 heteroatoms. The highest BCUT2D eigenvalue weighted by atomic mass is 16.5. The third kappa shape index (κ3) is 5.44. The van der Waals surface area contributed by atoms with Gasteiger partial charge in [-0.2, -0.15) is 0 Å². The number of piperazine rings is 1. The van der Waals surface area contributed by atoms with Crippen LogP contribution in [0.4, 0.5) is 0 Å². The van der Waals surface area contributed by atoms with Crippen LogP contribution >= 0.6 is 0 Å². The van der Waals surface area contributed by atoms with Crippen LogP contribution in [0.15, 0.2) is 30.3 Å². The molecular formula is C19H27N3O4. The summed E-state index contributed by atoms with van der Waals surface area (Å²) in [5, 5.41) is 2.87. The Bertz CT molecular complexity index is 582. The molecule has 2 heterocycles. The quantitative estimate of drug-likeness (QED) is 0.717. The van der Waals surface area contributed by atoms with Crippen LogP contribution in [0.3, 0.4) is 0 Å². The zero-order chi connectivity index (χ0) is 18.2. The highest BCUT2D eigenvalue weighted by Crippen LogP contribution is 2.16. The van der Waals surface area contributed by atoms with E-state index < -0.39 is 0 Å². The van der Waals surface area contributed by atoms with Crippen LogP contribution in [-0.2, 0) is 14.3 Å². The van der Waals surface area contributed by atoms with Crippen molar-refractivity contribution in [1.29, 1.82) is 0 Å². The molecule has 2 aliphatic rings. The van der Waals surface area contributed by atoms with Gasteiger partial charge in [0, 0.05) is 32.8 Å². The molecule has 2 fully saturated rings. The van der Waals surface area contributed by atoms with Crippen LogP contribution in [-0.4, -0.2) is 80.2 Å². The summed E-state index contributed by atoms with van der Waals surface area (Å²) < 4.78 is 11.0. The van der Waals surface area contributed by atoms with Crippen molar-refractivity contribution >= 4 is 11.8 Å². The number of ether oxygens (including phenoxy) is 2. The Labute approximate surface area is 154 Å². The van der Waals surface area contributed by atoms with E-state index in [2.05, 4.69) is 10.2 Å². The van der Waals surface area contributed by atoms with Crippen molar-refractivity contribution in [2.75, 3.05) is 52.5 Å². The molecule has 1 aromatic carbocycles. The molecule has 0 aromatic heterocycles. The fraction of sp³-hybridized carbons (Fsp3) is 0.579. The average Bonchev–Trinajstić information content (AvgIpc) is 3.21. The normalized spacial score (nSPS) is 20.8. The van der Waals surface area contributed by atoms with Gasteiger partial charge in [-0.25, -0.2) is 0 Å². The fourth-order valence-corrected chi connectivity index (χ4v) is 3.24. The first kappa shape index (κ1) is 18.7. The number of hydrogen-bond acceptors (Lipinski definition) is 5. The van der Waals surface area contributed by atoms with Gasteiger partial charge in [-0.05, 0) is 25.0 Å². The predicted octanol–water partition coefficient (Wildman–Crippen LogP) is 0.505. The number of carbonyl (C=O) groups excluding carboxylic acids is 2. The molecule has 1 unspecified atom stereocenters. The molecule has 2 saturated heterocycles. The summed E-state index contributed by atoms with van der Waals surface area (Å²) in [6.07, 6.45) is 1.53. The van der Waals surface area contributed by atoms with Crippen LogP contribution in [0.25, 0.3) is 0 Å². The van der Waals surface area contributed by atoms with E-state index in [-0.39, 0.29) is 17.9 Å². The van der Waals surface area contributed by atoms with Crippen molar-refractivity contribution in [2.45, 2.75) is 18.9 Å². The largest absolute Gasteiger partial charge is 0.492 e. The van der Waals surface area contributed by atoms with Crippen molar-refractivity contribution in [3.8, 4) is 5.75 Å². The fourth-order valence-electron chi connectivity index (χ4n) is 3.24. The van der Waals surface area contributed by atoms with E-state index >= 15 is 0 Å². The standard InChI is InChI=1S/C19H27N3O4/c23-18(20-8-14-25-16-5-2-1-3-6-16)15-21-9-11-22(12-10-21)19(24)17-7-4-13-26-17/h1-3,5-6,17H,4,7-15H2,(H,20,23). The number of nitrogens with one attached hydrogen (secondary N) is 1. The molecule has 26 heavy (non-hydrogen) atoms. The summed E-state index contributed by atoms with van der Waals surface area (Å²) in [6.45, 7) is 4.70. The van der Waals surface area contributed by atoms with Crippen LogP contribution in [0.2, 0.25) is 0 Å². The van der Waals surface area contributed by atoms with Gasteiger partial charge in [0.2, 0.25) is 5.91 Å². The summed E-state index contributed by atoms with van der Waals surface area (Å²) in [7, 11) is 0. The topological polar surface area (TPSA) is 71.1 Å². The zero-order valence-corrected chi connectivity index (χ0v) is 15.1. The number of carbonyl (C=O) groups is 2. The Kier molecular flexibility index (Phi) is 6.85. The summed E-state index contributed by atoms with van der Waals surface area (Å²) in [5.74, 6) is 0.888. The number of benzene rings is 1. The van der Waals surface area contributed by atoms with Crippen molar-refractivity contribution in [1.82, 2.24) is 15.1 Å². The Morgan fingerprint density at radius 3 is 2.62 bits per heavy atom. The molecule has 2 amide bonds. The van der Waals surface area contributed by atoms with Gasteiger partial charge in [-0.1, -0.05) is 18.2 Å². The van der Waals surface area contributed by atoms with Crippen molar-refractivity contribution < 1.29 is 19.1 Å². The van der Waals surface area contributed by atoms with Gasteiger partial charge in [-0.3, -0.25) is 14.5 Å². The Morgan fingerprint density at radius 1 is 1.15 bits per heavy atom. The van der Waals surface area contributed by atoms with Gasteiger partial charge < -0.3 is 19.7 Å². The molecule has 0 spiro atoms. The first-order chi connectivity index (χ1) is 12.7. The van der Waals surface area contributed by atoms with E-state index in [0.29, 0.717) is 52.5 Å². The minimum absolute atomic E-state index is 0.0134. The molecular weight excluding hydrogens is 334 g/mol. The summed E-state index contributed by atoms with van der Waals surface area (Å²) in [6, 6.07) is 9.54. The molecule has 0 radical (unpaired) electrons. The molecule has 7 nitrogen and oxygen atoms in total. The highest BCUT2D eigenvalue weighted by Gasteiger charge is 2.30. The third-order valence-corrected chi connectivity index (χ3v) is 4.69. The molecule has 142 valence electrons. The Morgan fingerprint density at radius 2 is 1.92 bits per heavy atom. The lowest BCUT2D eigenvalue weighted by atomic mass is 10.2. The van der Waals surface area contributed by atoms with E-state index in [9.17, 15) is 9.59 Å². The van der Waals surface area contributed by atoms with Crippen LogP contribution in [0.1, 0.15) is 12.8 Å². The summed E-state index contributed by atoms with van der Waals surface area (Å²) in [5.41, 5.74) is 0. The maximum Gasteiger partial charge on any atom is 0.251 e. The predicted molar refractivity (Wildman–Crippen MR) is 96.9 cm³/mol. The SMILES string of the molecule is O=C(CN1CCN(C(=O)C2CCCO2)CC1)NCCOc1ccccc1. The molecule has 1 atom stereocenters. The molecule has 0 saturated carbocycles. The molecule has 0 bridgehead atoms. The summed E-state index contributed by atoms with van der Waals surface area (Å²) >= 11 is 0. The Balaban J connectivity index is 1.29. The zero-order valence-electron chi connectivity index (χ0n) is 15.1. The first-order valence-corrected chi connectivity index (χ1v) is 9.29. The van der Waals surface area contributed by atoms with Crippen molar-refractivity contribution in [3.05, 3.63) is 30.3 Å². The number of amides is 2. The van der Waals surface area contributed by atoms with Gasteiger partial charge in [0.15, 0.2) is 0 Å². The lowest BCUT2D eigenvalue weighted by Crippen LogP contribution is -2.53. The number of nitrogens with zero attached hydrogens (tertiary/aromatic N) is 2. The second-order valence-corrected chi connectivity index (χ2v) is 6.61. The molecule has 3 rings (SSSR count). The molecule has 1 N–H and O–H groups in total. The number of rotatable bonds is 7. The van der Waals surface area contributed by atoms with Crippen molar-refractivity contribution in [2.24, 2.45) is 0 Å². The van der Waals surface area contributed by atoms with E-state index in [4.69, 9.17) is 9.47 Å². The minimum Gasteiger partial charge on any atom is -0.492 e. The summed E-state index contributed by atoms with van der Waals surface area (Å²) in [4.78, 5) is 28.3. The van der Waals surface area contributed by atoms with E-state index in [1.165, 1.54) is 0 Å². The minimum atomic E-state index is -0.255. The van der Waals surface area contributed by atoms with Crippen molar-refractivity contribution in [3.63, 3.8) is 0 Å². The molecule has 0 aliphatic carbocycles. The first-order valence-electron chi connectivity index (χ1n) is 9.29.